The number of ether oxygens (including phenoxy) is 1. The van der Waals surface area contributed by atoms with Crippen LogP contribution in [0.1, 0.15) is 23.3 Å². The Morgan fingerprint density at radius 3 is 3.12 bits per heavy atom. The van der Waals surface area contributed by atoms with Gasteiger partial charge in [0.05, 0.1) is 6.04 Å². The highest BCUT2D eigenvalue weighted by Crippen LogP contribution is 2.16. The van der Waals surface area contributed by atoms with Crippen LogP contribution in [0.3, 0.4) is 0 Å². The second kappa shape index (κ2) is 4.82. The molecule has 1 aliphatic heterocycles. The van der Waals surface area contributed by atoms with Crippen molar-refractivity contribution in [2.45, 2.75) is 18.9 Å². The maximum absolute atomic E-state index is 11.0. The van der Waals surface area contributed by atoms with Crippen LogP contribution >= 0.6 is 0 Å². The van der Waals surface area contributed by atoms with Crippen LogP contribution in [0.5, 0.6) is 5.75 Å². The average molecular weight is 236 g/mol. The molecule has 0 radical (unpaired) electrons. The first kappa shape index (κ1) is 11.4. The fraction of sp³-hybridized carbons (Fsp3) is 0.364. The lowest BCUT2D eigenvalue weighted by Crippen LogP contribution is -2.31. The van der Waals surface area contributed by atoms with E-state index in [1.165, 1.54) is 6.20 Å². The minimum absolute atomic E-state index is 0.00300. The van der Waals surface area contributed by atoms with Crippen LogP contribution < -0.4 is 10.1 Å². The molecule has 1 aromatic rings. The van der Waals surface area contributed by atoms with Crippen molar-refractivity contribution in [2.24, 2.45) is 0 Å². The number of carboxylic acid groups (broad SMARTS) is 1. The molecule has 0 spiro atoms. The van der Waals surface area contributed by atoms with Gasteiger partial charge >= 0.3 is 5.97 Å². The van der Waals surface area contributed by atoms with Gasteiger partial charge in [-0.05, 0) is 18.6 Å². The van der Waals surface area contributed by atoms with Gasteiger partial charge in [-0.1, -0.05) is 0 Å². The molecular formula is C11H12N2O4. The van der Waals surface area contributed by atoms with E-state index in [0.717, 1.165) is 0 Å². The Kier molecular flexibility index (Phi) is 3.22. The Bertz CT molecular complexity index is 447. The van der Waals surface area contributed by atoms with Gasteiger partial charge in [0.1, 0.15) is 6.61 Å². The minimum atomic E-state index is -1.13. The molecule has 90 valence electrons. The normalized spacial score (nSPS) is 18.8. The molecule has 17 heavy (non-hydrogen) atoms. The zero-order valence-corrected chi connectivity index (χ0v) is 9.05. The van der Waals surface area contributed by atoms with Crippen LogP contribution in [0.25, 0.3) is 0 Å². The van der Waals surface area contributed by atoms with Gasteiger partial charge in [-0.2, -0.15) is 0 Å². The van der Waals surface area contributed by atoms with E-state index in [9.17, 15) is 9.59 Å². The molecule has 2 heterocycles. The van der Waals surface area contributed by atoms with E-state index in [-0.39, 0.29) is 30.0 Å². The van der Waals surface area contributed by atoms with E-state index < -0.39 is 5.97 Å². The lowest BCUT2D eigenvalue weighted by Gasteiger charge is -2.12. The molecule has 0 bridgehead atoms. The van der Waals surface area contributed by atoms with Gasteiger partial charge in [0.25, 0.3) is 0 Å². The lowest BCUT2D eigenvalue weighted by molar-refractivity contribution is -0.119. The molecule has 1 unspecified atom stereocenters. The summed E-state index contributed by atoms with van der Waals surface area (Å²) in [5.41, 5.74) is -0.114. The standard InChI is InChI=1S/C11H12N2O4/c14-9-4-3-7(13-9)6-17-8-2-1-5-12-10(8)11(15)16/h1-2,5,7H,3-4,6H2,(H,13,14)(H,15,16). The SMILES string of the molecule is O=C1CCC(COc2cccnc2C(=O)O)N1. The summed E-state index contributed by atoms with van der Waals surface area (Å²) < 4.78 is 5.37. The zero-order chi connectivity index (χ0) is 12.3. The number of rotatable bonds is 4. The average Bonchev–Trinajstić information content (AvgIpc) is 2.73. The van der Waals surface area contributed by atoms with Gasteiger partial charge in [-0.3, -0.25) is 4.79 Å². The third-order valence-electron chi connectivity index (χ3n) is 2.50. The van der Waals surface area contributed by atoms with Crippen molar-refractivity contribution in [1.29, 1.82) is 0 Å². The molecule has 2 N–H and O–H groups in total. The molecule has 1 atom stereocenters. The molecule has 1 aliphatic rings. The largest absolute Gasteiger partial charge is 0.489 e. The highest BCUT2D eigenvalue weighted by molar-refractivity contribution is 5.88. The van der Waals surface area contributed by atoms with Crippen LogP contribution in [-0.4, -0.2) is 34.6 Å². The maximum atomic E-state index is 11.0. The van der Waals surface area contributed by atoms with Gasteiger partial charge in [-0.15, -0.1) is 0 Å². The number of nitrogens with zero attached hydrogens (tertiary/aromatic N) is 1. The summed E-state index contributed by atoms with van der Waals surface area (Å²) in [6.07, 6.45) is 2.60. The quantitative estimate of drug-likeness (QED) is 0.791. The topological polar surface area (TPSA) is 88.5 Å². The Hall–Kier alpha value is -2.11. The predicted molar refractivity (Wildman–Crippen MR) is 57.9 cm³/mol. The Morgan fingerprint density at radius 1 is 1.65 bits per heavy atom. The van der Waals surface area contributed by atoms with E-state index in [1.54, 1.807) is 12.1 Å². The molecule has 0 aliphatic carbocycles. The summed E-state index contributed by atoms with van der Waals surface area (Å²) in [4.78, 5) is 25.6. The maximum Gasteiger partial charge on any atom is 0.358 e. The molecule has 1 amide bonds. The smallest absolute Gasteiger partial charge is 0.358 e. The number of pyridine rings is 1. The summed E-state index contributed by atoms with van der Waals surface area (Å²) in [7, 11) is 0. The number of carbonyl (C=O) groups excluding carboxylic acids is 1. The first-order valence-electron chi connectivity index (χ1n) is 5.27. The number of amides is 1. The van der Waals surface area contributed by atoms with E-state index in [0.29, 0.717) is 12.8 Å². The fourth-order valence-electron chi connectivity index (χ4n) is 1.66. The number of aromatic carboxylic acids is 1. The Balaban J connectivity index is 1.99. The lowest BCUT2D eigenvalue weighted by atomic mass is 10.2. The molecule has 6 heteroatoms. The van der Waals surface area contributed by atoms with Crippen LogP contribution in [0.15, 0.2) is 18.3 Å². The number of nitrogens with one attached hydrogen (secondary N) is 1. The summed E-state index contributed by atoms with van der Waals surface area (Å²) in [5.74, 6) is -0.902. The first-order chi connectivity index (χ1) is 8.16. The highest BCUT2D eigenvalue weighted by atomic mass is 16.5. The second-order valence-corrected chi connectivity index (χ2v) is 3.77. The summed E-state index contributed by atoms with van der Waals surface area (Å²) in [5, 5.41) is 11.6. The van der Waals surface area contributed by atoms with Crippen molar-refractivity contribution in [2.75, 3.05) is 6.61 Å². The van der Waals surface area contributed by atoms with E-state index in [1.807, 2.05) is 0 Å². The third kappa shape index (κ3) is 2.72. The number of carboxylic acids is 1. The number of aromatic nitrogens is 1. The number of hydrogen-bond donors (Lipinski definition) is 2. The molecule has 0 aromatic carbocycles. The molecule has 1 saturated heterocycles. The predicted octanol–water partition coefficient (Wildman–Crippen LogP) is 0.437. The molecule has 2 rings (SSSR count). The van der Waals surface area contributed by atoms with Crippen molar-refractivity contribution in [1.82, 2.24) is 10.3 Å². The van der Waals surface area contributed by atoms with Crippen molar-refractivity contribution < 1.29 is 19.4 Å². The third-order valence-corrected chi connectivity index (χ3v) is 2.50. The minimum Gasteiger partial charge on any atom is -0.489 e. The summed E-state index contributed by atoms with van der Waals surface area (Å²) in [6, 6.07) is 3.10. The van der Waals surface area contributed by atoms with Crippen LogP contribution in [0.2, 0.25) is 0 Å². The molecule has 0 saturated carbocycles. The van der Waals surface area contributed by atoms with Gasteiger partial charge in [0.15, 0.2) is 11.4 Å². The second-order valence-electron chi connectivity index (χ2n) is 3.77. The zero-order valence-electron chi connectivity index (χ0n) is 9.05. The summed E-state index contributed by atoms with van der Waals surface area (Å²) >= 11 is 0. The van der Waals surface area contributed by atoms with Crippen LogP contribution in [-0.2, 0) is 4.79 Å². The van der Waals surface area contributed by atoms with Crippen LogP contribution in [0, 0.1) is 0 Å². The van der Waals surface area contributed by atoms with Crippen LogP contribution in [0.4, 0.5) is 0 Å². The highest BCUT2D eigenvalue weighted by Gasteiger charge is 2.22. The van der Waals surface area contributed by atoms with Gasteiger partial charge in [0.2, 0.25) is 5.91 Å². The van der Waals surface area contributed by atoms with Gasteiger partial charge in [0, 0.05) is 12.6 Å². The number of carbonyl (C=O) groups is 2. The Labute approximate surface area is 97.6 Å². The van der Waals surface area contributed by atoms with Crippen molar-refractivity contribution in [3.63, 3.8) is 0 Å². The van der Waals surface area contributed by atoms with Gasteiger partial charge < -0.3 is 15.2 Å². The Morgan fingerprint density at radius 2 is 2.47 bits per heavy atom. The van der Waals surface area contributed by atoms with Crippen molar-refractivity contribution in [3.8, 4) is 5.75 Å². The van der Waals surface area contributed by atoms with E-state index in [2.05, 4.69) is 10.3 Å². The molecule has 6 nitrogen and oxygen atoms in total. The van der Waals surface area contributed by atoms with Crippen molar-refractivity contribution in [3.05, 3.63) is 24.0 Å². The van der Waals surface area contributed by atoms with Gasteiger partial charge in [-0.25, -0.2) is 9.78 Å². The van der Waals surface area contributed by atoms with E-state index >= 15 is 0 Å². The number of hydrogen-bond acceptors (Lipinski definition) is 4. The first-order valence-corrected chi connectivity index (χ1v) is 5.27. The van der Waals surface area contributed by atoms with Crippen molar-refractivity contribution >= 4 is 11.9 Å². The fourth-order valence-corrected chi connectivity index (χ4v) is 1.66. The molecule has 1 fully saturated rings. The molecule has 1 aromatic heterocycles. The molecular weight excluding hydrogens is 224 g/mol. The monoisotopic (exact) mass is 236 g/mol. The van der Waals surface area contributed by atoms with E-state index in [4.69, 9.17) is 9.84 Å². The summed E-state index contributed by atoms with van der Waals surface area (Å²) in [6.45, 7) is 0.262.